The molecule has 0 aliphatic heterocycles. The van der Waals surface area contributed by atoms with Gasteiger partial charge in [-0.05, 0) is 48.9 Å². The molecule has 1 aliphatic carbocycles. The number of carbonyl (C=O) groups is 1. The van der Waals surface area contributed by atoms with E-state index in [2.05, 4.69) is 5.32 Å². The van der Waals surface area contributed by atoms with Gasteiger partial charge in [-0.1, -0.05) is 34.8 Å². The van der Waals surface area contributed by atoms with Crippen molar-refractivity contribution >= 4 is 46.6 Å². The number of halogens is 6. The SMILES string of the molecule is Cc1c(C(F)(F)F)cc2c(c1NC(=O)OCC(Cl)(Cl)Cl)CCC2. The van der Waals surface area contributed by atoms with Crippen molar-refractivity contribution in [3.63, 3.8) is 0 Å². The largest absolute Gasteiger partial charge is 0.445 e. The Hall–Kier alpha value is -0.850. The summed E-state index contributed by atoms with van der Waals surface area (Å²) in [5, 5.41) is 2.36. The molecule has 1 aromatic carbocycles. The van der Waals surface area contributed by atoms with Crippen molar-refractivity contribution in [2.75, 3.05) is 11.9 Å². The van der Waals surface area contributed by atoms with Crippen LogP contribution in [0.15, 0.2) is 6.07 Å². The van der Waals surface area contributed by atoms with E-state index in [4.69, 9.17) is 39.5 Å². The minimum Gasteiger partial charge on any atom is -0.445 e. The van der Waals surface area contributed by atoms with Gasteiger partial charge in [-0.3, -0.25) is 5.32 Å². The van der Waals surface area contributed by atoms with E-state index in [9.17, 15) is 18.0 Å². The fourth-order valence-electron chi connectivity index (χ4n) is 2.60. The third kappa shape index (κ3) is 4.58. The highest BCUT2D eigenvalue weighted by Crippen LogP contribution is 2.41. The van der Waals surface area contributed by atoms with Crippen LogP contribution in [-0.2, 0) is 23.8 Å². The van der Waals surface area contributed by atoms with E-state index in [-0.39, 0.29) is 11.3 Å². The fourth-order valence-corrected chi connectivity index (χ4v) is 2.77. The van der Waals surface area contributed by atoms with Gasteiger partial charge in [-0.2, -0.15) is 13.2 Å². The van der Waals surface area contributed by atoms with Crippen molar-refractivity contribution in [3.05, 3.63) is 28.3 Å². The number of ether oxygens (including phenoxy) is 1. The first-order valence-corrected chi connectivity index (χ1v) is 7.85. The van der Waals surface area contributed by atoms with Gasteiger partial charge in [0.1, 0.15) is 6.61 Å². The van der Waals surface area contributed by atoms with Gasteiger partial charge in [-0.25, -0.2) is 4.79 Å². The zero-order valence-electron chi connectivity index (χ0n) is 12.0. The molecule has 0 aromatic heterocycles. The van der Waals surface area contributed by atoms with Crippen LogP contribution >= 0.6 is 34.8 Å². The second-order valence-corrected chi connectivity index (χ2v) is 7.75. The lowest BCUT2D eigenvalue weighted by Crippen LogP contribution is -2.23. The van der Waals surface area contributed by atoms with E-state index in [1.807, 2.05) is 0 Å². The fraction of sp³-hybridized carbons (Fsp3) is 0.500. The smallest absolute Gasteiger partial charge is 0.416 e. The molecule has 128 valence electrons. The van der Waals surface area contributed by atoms with Crippen LogP contribution in [0.2, 0.25) is 0 Å². The summed E-state index contributed by atoms with van der Waals surface area (Å²) in [4.78, 5) is 11.8. The van der Waals surface area contributed by atoms with Crippen molar-refractivity contribution < 1.29 is 22.7 Å². The number of carbonyl (C=O) groups excluding carboxylic acids is 1. The highest BCUT2D eigenvalue weighted by molar-refractivity contribution is 6.67. The third-order valence-electron chi connectivity index (χ3n) is 3.56. The first kappa shape index (κ1) is 18.5. The predicted molar refractivity (Wildman–Crippen MR) is 83.5 cm³/mol. The Morgan fingerprint density at radius 2 is 1.96 bits per heavy atom. The van der Waals surface area contributed by atoms with E-state index in [1.54, 1.807) is 0 Å². The summed E-state index contributed by atoms with van der Waals surface area (Å²) in [7, 11) is 0. The number of fused-ring (bicyclic) bond motifs is 1. The summed E-state index contributed by atoms with van der Waals surface area (Å²) in [5.41, 5.74) is 0.585. The number of aryl methyl sites for hydroxylation is 1. The molecule has 0 atom stereocenters. The molecule has 0 fully saturated rings. The van der Waals surface area contributed by atoms with Crippen LogP contribution in [0.4, 0.5) is 23.7 Å². The first-order chi connectivity index (χ1) is 10.5. The van der Waals surface area contributed by atoms with E-state index >= 15 is 0 Å². The first-order valence-electron chi connectivity index (χ1n) is 6.72. The molecule has 0 heterocycles. The number of hydrogen-bond donors (Lipinski definition) is 1. The third-order valence-corrected chi connectivity index (χ3v) is 3.89. The average Bonchev–Trinajstić information content (AvgIpc) is 2.85. The second kappa shape index (κ2) is 6.57. The van der Waals surface area contributed by atoms with Gasteiger partial charge in [-0.15, -0.1) is 0 Å². The Balaban J connectivity index is 2.31. The molecule has 1 aliphatic rings. The number of hydrogen-bond acceptors (Lipinski definition) is 2. The highest BCUT2D eigenvalue weighted by atomic mass is 35.6. The minimum absolute atomic E-state index is 0.0519. The Morgan fingerprint density at radius 3 is 2.52 bits per heavy atom. The second-order valence-electron chi connectivity index (χ2n) is 5.23. The molecular formula is C14H13Cl3F3NO2. The van der Waals surface area contributed by atoms with Crippen LogP contribution < -0.4 is 5.32 Å². The summed E-state index contributed by atoms with van der Waals surface area (Å²) in [6.07, 6.45) is -3.61. The summed E-state index contributed by atoms with van der Waals surface area (Å²) in [6, 6.07) is 1.15. The Morgan fingerprint density at radius 1 is 1.30 bits per heavy atom. The van der Waals surface area contributed by atoms with Crippen molar-refractivity contribution in [1.82, 2.24) is 0 Å². The number of amides is 1. The molecule has 9 heteroatoms. The number of nitrogens with one attached hydrogen (secondary N) is 1. The lowest BCUT2D eigenvalue weighted by molar-refractivity contribution is -0.138. The summed E-state index contributed by atoms with van der Waals surface area (Å²) in [5.74, 6) is 0. The van der Waals surface area contributed by atoms with Crippen LogP contribution in [-0.4, -0.2) is 16.5 Å². The molecule has 1 N–H and O–H groups in total. The molecule has 0 spiro atoms. The quantitative estimate of drug-likeness (QED) is 0.685. The molecule has 0 saturated carbocycles. The molecule has 1 amide bonds. The van der Waals surface area contributed by atoms with Crippen molar-refractivity contribution in [1.29, 1.82) is 0 Å². The van der Waals surface area contributed by atoms with Crippen molar-refractivity contribution in [2.45, 2.75) is 36.2 Å². The topological polar surface area (TPSA) is 38.3 Å². The van der Waals surface area contributed by atoms with Crippen LogP contribution in [0.1, 0.15) is 28.7 Å². The Kier molecular flexibility index (Phi) is 5.28. The van der Waals surface area contributed by atoms with Gasteiger partial charge in [0, 0.05) is 0 Å². The van der Waals surface area contributed by atoms with E-state index in [0.717, 1.165) is 12.5 Å². The lowest BCUT2D eigenvalue weighted by Gasteiger charge is -2.19. The van der Waals surface area contributed by atoms with Crippen LogP contribution in [0.3, 0.4) is 0 Å². The number of anilines is 1. The average molecular weight is 391 g/mol. The van der Waals surface area contributed by atoms with E-state index in [1.165, 1.54) is 6.92 Å². The number of rotatable bonds is 2. The van der Waals surface area contributed by atoms with Crippen molar-refractivity contribution in [3.8, 4) is 0 Å². The number of alkyl halides is 6. The monoisotopic (exact) mass is 389 g/mol. The van der Waals surface area contributed by atoms with Gasteiger partial charge in [0.05, 0.1) is 11.3 Å². The zero-order chi connectivity index (χ0) is 17.4. The van der Waals surface area contributed by atoms with E-state index in [0.29, 0.717) is 24.0 Å². The maximum absolute atomic E-state index is 13.1. The number of benzene rings is 1. The van der Waals surface area contributed by atoms with Gasteiger partial charge < -0.3 is 4.74 Å². The molecule has 0 saturated heterocycles. The molecule has 23 heavy (non-hydrogen) atoms. The molecule has 2 rings (SSSR count). The standard InChI is InChI=1S/C14H13Cl3F3NO2/c1-7-10(14(18,19)20)5-8-3-2-4-9(8)11(7)21-12(22)23-6-13(15,16)17/h5H,2-4,6H2,1H3,(H,21,22). The molecular weight excluding hydrogens is 378 g/mol. The highest BCUT2D eigenvalue weighted by Gasteiger charge is 2.36. The summed E-state index contributed by atoms with van der Waals surface area (Å²) in [6.45, 7) is 0.801. The summed E-state index contributed by atoms with van der Waals surface area (Å²) >= 11 is 16.4. The zero-order valence-corrected chi connectivity index (χ0v) is 14.3. The Labute approximate surface area is 146 Å². The maximum atomic E-state index is 13.1. The normalized spacial score (nSPS) is 14.6. The molecule has 3 nitrogen and oxygen atoms in total. The predicted octanol–water partition coefficient (Wildman–Crippen LogP) is 5.42. The lowest BCUT2D eigenvalue weighted by atomic mass is 9.97. The van der Waals surface area contributed by atoms with Gasteiger partial charge in [0.15, 0.2) is 0 Å². The molecule has 0 radical (unpaired) electrons. The van der Waals surface area contributed by atoms with Gasteiger partial charge in [0.2, 0.25) is 3.79 Å². The van der Waals surface area contributed by atoms with Crippen molar-refractivity contribution in [2.24, 2.45) is 0 Å². The maximum Gasteiger partial charge on any atom is 0.416 e. The summed E-state index contributed by atoms with van der Waals surface area (Å²) < 4.78 is 42.4. The Bertz CT molecular complexity index is 627. The molecule has 0 bridgehead atoms. The molecule has 1 aromatic rings. The van der Waals surface area contributed by atoms with Gasteiger partial charge >= 0.3 is 12.3 Å². The van der Waals surface area contributed by atoms with Crippen LogP contribution in [0.25, 0.3) is 0 Å². The van der Waals surface area contributed by atoms with Gasteiger partial charge in [0.25, 0.3) is 0 Å². The van der Waals surface area contributed by atoms with Crippen LogP contribution in [0, 0.1) is 6.92 Å². The molecule has 0 unspecified atom stereocenters. The van der Waals surface area contributed by atoms with Crippen LogP contribution in [0.5, 0.6) is 0 Å². The minimum atomic E-state index is -4.50. The van der Waals surface area contributed by atoms with E-state index < -0.39 is 28.2 Å².